The van der Waals surface area contributed by atoms with E-state index < -0.39 is 9.04 Å². The lowest BCUT2D eigenvalue weighted by molar-refractivity contribution is 0.560. The molecule has 0 spiro atoms. The molecule has 1 rings (SSSR count). The van der Waals surface area contributed by atoms with E-state index in [9.17, 15) is 4.39 Å². The van der Waals surface area contributed by atoms with Crippen molar-refractivity contribution in [3.8, 4) is 5.75 Å². The maximum Gasteiger partial charge on any atom is 0.274 e. The summed E-state index contributed by atoms with van der Waals surface area (Å²) >= 11 is 7.65. The first-order valence-electron chi connectivity index (χ1n) is 3.63. The van der Waals surface area contributed by atoms with Crippen molar-refractivity contribution >= 4 is 43.2 Å². The third-order valence-corrected chi connectivity index (χ3v) is 3.64. The molecule has 0 N–H and O–H groups in total. The molecule has 0 aliphatic heterocycles. The average Bonchev–Trinajstić information content (AvgIpc) is 1.98. The Labute approximate surface area is 97.1 Å². The minimum absolute atomic E-state index is 0.327. The van der Waals surface area contributed by atoms with Crippen molar-refractivity contribution in [3.05, 3.63) is 26.5 Å². The summed E-state index contributed by atoms with van der Waals surface area (Å²) in [5.41, 5.74) is 0. The van der Waals surface area contributed by atoms with Crippen LogP contribution in [-0.4, -0.2) is 9.04 Å². The number of hydrogen-bond donors (Lipinski definition) is 0. The molecular formula is C8H8ClFIOSi. The Morgan fingerprint density at radius 3 is 2.54 bits per heavy atom. The molecule has 0 saturated heterocycles. The maximum atomic E-state index is 13.1. The van der Waals surface area contributed by atoms with Crippen molar-refractivity contribution in [2.75, 3.05) is 0 Å². The first-order valence-corrected chi connectivity index (χ1v) is 7.49. The normalized spacial score (nSPS) is 10.6. The van der Waals surface area contributed by atoms with E-state index in [0.717, 1.165) is 0 Å². The molecule has 5 heteroatoms. The molecule has 0 amide bonds. The lowest BCUT2D eigenvalue weighted by Gasteiger charge is -2.09. The fraction of sp³-hybridized carbons (Fsp3) is 0.250. The van der Waals surface area contributed by atoms with Crippen LogP contribution in [0.4, 0.5) is 4.39 Å². The summed E-state index contributed by atoms with van der Waals surface area (Å²) in [7, 11) is -0.860. The number of rotatable bonds is 2. The molecular weight excluding hydrogens is 322 g/mol. The molecule has 1 aromatic rings. The summed E-state index contributed by atoms with van der Waals surface area (Å²) < 4.78 is 19.0. The Morgan fingerprint density at radius 2 is 2.08 bits per heavy atom. The lowest BCUT2D eigenvalue weighted by Crippen LogP contribution is -2.11. The van der Waals surface area contributed by atoms with E-state index >= 15 is 0 Å². The molecule has 1 nitrogen and oxygen atoms in total. The van der Waals surface area contributed by atoms with Gasteiger partial charge in [-0.3, -0.25) is 0 Å². The Bertz CT molecular complexity index is 296. The molecule has 0 bridgehead atoms. The summed E-state index contributed by atoms with van der Waals surface area (Å²) in [5.74, 6) is 0.188. The van der Waals surface area contributed by atoms with Gasteiger partial charge in [-0.05, 0) is 41.8 Å². The van der Waals surface area contributed by atoms with Crippen molar-refractivity contribution in [2.24, 2.45) is 0 Å². The van der Waals surface area contributed by atoms with Gasteiger partial charge in [-0.15, -0.1) is 0 Å². The van der Waals surface area contributed by atoms with Gasteiger partial charge < -0.3 is 4.43 Å². The number of benzene rings is 1. The molecule has 0 aliphatic rings. The Kier molecular flexibility index (Phi) is 3.99. The van der Waals surface area contributed by atoms with E-state index in [-0.39, 0.29) is 5.82 Å². The SMILES string of the molecule is C[Si](C)Oc1cc(F)c(I)c(Cl)c1. The summed E-state index contributed by atoms with van der Waals surface area (Å²) in [5, 5.41) is 0.402. The van der Waals surface area contributed by atoms with E-state index in [1.807, 2.05) is 35.7 Å². The van der Waals surface area contributed by atoms with Crippen LogP contribution in [0, 0.1) is 9.39 Å². The zero-order valence-corrected chi connectivity index (χ0v) is 11.1. The zero-order chi connectivity index (χ0) is 10.0. The highest BCUT2D eigenvalue weighted by Gasteiger charge is 2.08. The fourth-order valence-corrected chi connectivity index (χ4v) is 1.93. The second kappa shape index (κ2) is 4.61. The van der Waals surface area contributed by atoms with Crippen molar-refractivity contribution in [1.82, 2.24) is 0 Å². The van der Waals surface area contributed by atoms with Gasteiger partial charge >= 0.3 is 0 Å². The van der Waals surface area contributed by atoms with Gasteiger partial charge in [-0.25, -0.2) is 4.39 Å². The molecule has 0 unspecified atom stereocenters. The van der Waals surface area contributed by atoms with E-state index in [2.05, 4.69) is 0 Å². The van der Waals surface area contributed by atoms with Crippen molar-refractivity contribution in [2.45, 2.75) is 13.1 Å². The standard InChI is InChI=1S/C8H8ClFIOSi/c1-13(2)12-5-3-6(9)8(11)7(10)4-5/h3-4H,1-2H3. The van der Waals surface area contributed by atoms with Crippen LogP contribution < -0.4 is 4.43 Å². The van der Waals surface area contributed by atoms with E-state index in [1.165, 1.54) is 6.07 Å². The minimum Gasteiger partial charge on any atom is -0.543 e. The van der Waals surface area contributed by atoms with Gasteiger partial charge in [0.15, 0.2) is 0 Å². The topological polar surface area (TPSA) is 9.23 Å². The smallest absolute Gasteiger partial charge is 0.274 e. The second-order valence-electron chi connectivity index (χ2n) is 2.71. The molecule has 1 aromatic carbocycles. The quantitative estimate of drug-likeness (QED) is 0.456. The van der Waals surface area contributed by atoms with Gasteiger partial charge in [-0.2, -0.15) is 0 Å². The van der Waals surface area contributed by atoms with Crippen LogP contribution in [0.3, 0.4) is 0 Å². The second-order valence-corrected chi connectivity index (χ2v) is 6.22. The molecule has 0 heterocycles. The van der Waals surface area contributed by atoms with Crippen molar-refractivity contribution in [3.63, 3.8) is 0 Å². The van der Waals surface area contributed by atoms with Crippen LogP contribution in [0.5, 0.6) is 5.75 Å². The first kappa shape index (κ1) is 11.3. The molecule has 13 heavy (non-hydrogen) atoms. The van der Waals surface area contributed by atoms with Crippen LogP contribution in [0.25, 0.3) is 0 Å². The highest BCUT2D eigenvalue weighted by atomic mass is 127. The Balaban J connectivity index is 2.99. The summed E-state index contributed by atoms with van der Waals surface area (Å²) in [4.78, 5) is 0. The van der Waals surface area contributed by atoms with Crippen LogP contribution in [0.1, 0.15) is 0 Å². The van der Waals surface area contributed by atoms with Crippen LogP contribution in [0.2, 0.25) is 18.1 Å². The van der Waals surface area contributed by atoms with Crippen LogP contribution >= 0.6 is 34.2 Å². The Hall–Kier alpha value is 0.187. The van der Waals surface area contributed by atoms with Gasteiger partial charge in [0.2, 0.25) is 0 Å². The van der Waals surface area contributed by atoms with Gasteiger partial charge in [0.1, 0.15) is 11.6 Å². The Morgan fingerprint density at radius 1 is 1.46 bits per heavy atom. The highest BCUT2D eigenvalue weighted by Crippen LogP contribution is 2.27. The third-order valence-electron chi connectivity index (χ3n) is 1.28. The van der Waals surface area contributed by atoms with Crippen molar-refractivity contribution in [1.29, 1.82) is 0 Å². The molecule has 0 atom stereocenters. The number of hydrogen-bond acceptors (Lipinski definition) is 1. The average molecular weight is 330 g/mol. The lowest BCUT2D eigenvalue weighted by atomic mass is 10.3. The summed E-state index contributed by atoms with van der Waals surface area (Å²) in [6.07, 6.45) is 0. The third kappa shape index (κ3) is 3.10. The highest BCUT2D eigenvalue weighted by molar-refractivity contribution is 14.1. The predicted molar refractivity (Wildman–Crippen MR) is 62.2 cm³/mol. The summed E-state index contributed by atoms with van der Waals surface area (Å²) in [6, 6.07) is 3.01. The molecule has 71 valence electrons. The van der Waals surface area contributed by atoms with Gasteiger partial charge in [0.05, 0.1) is 8.59 Å². The van der Waals surface area contributed by atoms with E-state index in [1.54, 1.807) is 6.07 Å². The van der Waals surface area contributed by atoms with Gasteiger partial charge in [0, 0.05) is 6.07 Å². The van der Waals surface area contributed by atoms with E-state index in [0.29, 0.717) is 14.3 Å². The van der Waals surface area contributed by atoms with Crippen LogP contribution in [0.15, 0.2) is 12.1 Å². The van der Waals surface area contributed by atoms with Gasteiger partial charge in [-0.1, -0.05) is 11.6 Å². The van der Waals surface area contributed by atoms with Gasteiger partial charge in [0.25, 0.3) is 9.04 Å². The first-order chi connectivity index (χ1) is 6.00. The summed E-state index contributed by atoms with van der Waals surface area (Å²) in [6.45, 7) is 3.96. The monoisotopic (exact) mass is 329 g/mol. The minimum atomic E-state index is -0.860. The molecule has 0 aromatic heterocycles. The molecule has 1 radical (unpaired) electrons. The fourth-order valence-electron chi connectivity index (χ4n) is 0.827. The molecule has 0 fully saturated rings. The number of halogens is 3. The molecule has 0 aliphatic carbocycles. The van der Waals surface area contributed by atoms with Crippen LogP contribution in [-0.2, 0) is 0 Å². The largest absolute Gasteiger partial charge is 0.543 e. The zero-order valence-electron chi connectivity index (χ0n) is 7.20. The molecule has 0 saturated carbocycles. The predicted octanol–water partition coefficient (Wildman–Crippen LogP) is 3.71. The van der Waals surface area contributed by atoms with E-state index in [4.69, 9.17) is 16.0 Å². The maximum absolute atomic E-state index is 13.1. The van der Waals surface area contributed by atoms with Crippen molar-refractivity contribution < 1.29 is 8.82 Å².